The maximum Gasteiger partial charge on any atom is 0.118 e. The fourth-order valence-electron chi connectivity index (χ4n) is 8.04. The minimum absolute atomic E-state index is 1.08. The van der Waals surface area contributed by atoms with E-state index in [4.69, 9.17) is 0 Å². The summed E-state index contributed by atoms with van der Waals surface area (Å²) in [6.45, 7) is 5.12. The number of hydrogen-bond acceptors (Lipinski definition) is 2. The Morgan fingerprint density at radius 1 is 0.400 bits per heavy atom. The van der Waals surface area contributed by atoms with Crippen molar-refractivity contribution < 1.29 is 0 Å². The molecule has 0 saturated carbocycles. The van der Waals surface area contributed by atoms with Crippen LogP contribution in [0.4, 0.5) is 0 Å². The van der Waals surface area contributed by atoms with Crippen LogP contribution in [-0.2, 0) is 0 Å². The van der Waals surface area contributed by atoms with Crippen molar-refractivity contribution in [3.63, 3.8) is 0 Å². The normalized spacial score (nSPS) is 14.3. The van der Waals surface area contributed by atoms with Crippen LogP contribution in [0.2, 0.25) is 12.6 Å². The predicted molar refractivity (Wildman–Crippen MR) is 223 cm³/mol. The van der Waals surface area contributed by atoms with E-state index in [9.17, 15) is 0 Å². The fourth-order valence-corrected chi connectivity index (χ4v) is 14.9. The minimum atomic E-state index is -2.51. The van der Waals surface area contributed by atoms with E-state index in [2.05, 4.69) is 183 Å². The zero-order valence-electron chi connectivity index (χ0n) is 28.2. The van der Waals surface area contributed by atoms with Gasteiger partial charge >= 0.3 is 0 Å². The highest BCUT2D eigenvalue weighted by Crippen LogP contribution is 2.62. The third-order valence-corrected chi connectivity index (χ3v) is 17.5. The molecule has 0 nitrogen and oxygen atoms in total. The third-order valence-electron chi connectivity index (χ3n) is 10.4. The van der Waals surface area contributed by atoms with E-state index in [0.29, 0.717) is 0 Å². The van der Waals surface area contributed by atoms with E-state index < -0.39 is 8.07 Å². The number of benzene rings is 6. The molecular formula is C47H36S2Si. The Morgan fingerprint density at radius 3 is 1.08 bits per heavy atom. The van der Waals surface area contributed by atoms with E-state index in [1.807, 2.05) is 22.7 Å². The lowest BCUT2D eigenvalue weighted by atomic mass is 9.88. The Labute approximate surface area is 303 Å². The van der Waals surface area contributed by atoms with E-state index in [1.54, 1.807) is 10.4 Å². The molecule has 9 rings (SSSR count). The van der Waals surface area contributed by atoms with Gasteiger partial charge in [-0.2, -0.15) is 0 Å². The molecule has 0 atom stereocenters. The highest BCUT2D eigenvalue weighted by Gasteiger charge is 2.48. The zero-order valence-corrected chi connectivity index (χ0v) is 30.8. The van der Waals surface area contributed by atoms with Crippen LogP contribution >= 0.6 is 22.7 Å². The first-order valence-electron chi connectivity index (χ1n) is 17.4. The standard InChI is InChI=1S/C47H36S2Si/c1-3-50(2)46(42-36-28-16-18-30-38(36)48-44(42)34-24-12-6-13-25-34)40(32-20-8-4-9-21-32)41(33-22-10-5-11-23-33)47(50)43-37-29-17-19-31-39(37)49-45(43)35-26-14-7-15-27-35/h4-31H,3H2,1-2H3. The first-order valence-corrected chi connectivity index (χ1v) is 21.8. The number of rotatable bonds is 7. The smallest absolute Gasteiger partial charge is 0.118 e. The van der Waals surface area contributed by atoms with Gasteiger partial charge in [0.25, 0.3) is 0 Å². The lowest BCUT2D eigenvalue weighted by Gasteiger charge is -2.31. The second kappa shape index (κ2) is 12.7. The Bertz CT molecular complexity index is 2380. The minimum Gasteiger partial charge on any atom is -0.135 e. The Hall–Kier alpha value is -5.06. The van der Waals surface area contributed by atoms with E-state index in [-0.39, 0.29) is 0 Å². The van der Waals surface area contributed by atoms with E-state index in [1.165, 1.54) is 74.5 Å². The SMILES string of the molecule is CC[Si]1(C)C(c2c(-c3ccccc3)sc3ccccc23)=C(c2ccccc2)C(c2ccccc2)=C1c1c(-c2ccccc2)sc2ccccc12. The topological polar surface area (TPSA) is 0 Å². The van der Waals surface area contributed by atoms with Crippen molar-refractivity contribution in [1.29, 1.82) is 0 Å². The van der Waals surface area contributed by atoms with Crippen LogP contribution in [0.5, 0.6) is 0 Å². The van der Waals surface area contributed by atoms with Crippen LogP contribution in [0.1, 0.15) is 29.2 Å². The van der Waals surface area contributed by atoms with Crippen molar-refractivity contribution in [3.05, 3.63) is 192 Å². The molecule has 2 aromatic heterocycles. The van der Waals surface area contributed by atoms with Gasteiger partial charge in [0.2, 0.25) is 0 Å². The van der Waals surface area contributed by atoms with Crippen molar-refractivity contribution in [2.24, 2.45) is 0 Å². The van der Waals surface area contributed by atoms with Crippen LogP contribution in [0, 0.1) is 0 Å². The fraction of sp³-hybridized carbons (Fsp3) is 0.0638. The van der Waals surface area contributed by atoms with Gasteiger partial charge in [0.15, 0.2) is 0 Å². The second-order valence-electron chi connectivity index (χ2n) is 13.3. The molecule has 0 saturated heterocycles. The molecular weight excluding hydrogens is 657 g/mol. The maximum atomic E-state index is 2.67. The first-order chi connectivity index (χ1) is 24.7. The summed E-state index contributed by atoms with van der Waals surface area (Å²) in [6.07, 6.45) is 0. The van der Waals surface area contributed by atoms with Gasteiger partial charge in [-0.3, -0.25) is 0 Å². The molecule has 1 aliphatic rings. The third kappa shape index (κ3) is 4.92. The monoisotopic (exact) mass is 692 g/mol. The average molecular weight is 693 g/mol. The summed E-state index contributed by atoms with van der Waals surface area (Å²) in [5.41, 5.74) is 10.8. The zero-order chi connectivity index (χ0) is 33.7. The molecule has 8 aromatic rings. The molecule has 0 aliphatic carbocycles. The van der Waals surface area contributed by atoms with Crippen molar-refractivity contribution >= 4 is 72.5 Å². The average Bonchev–Trinajstić information content (AvgIpc) is 3.84. The quantitative estimate of drug-likeness (QED) is 0.146. The molecule has 0 amide bonds. The first kappa shape index (κ1) is 31.0. The molecule has 0 radical (unpaired) electrons. The van der Waals surface area contributed by atoms with Gasteiger partial charge in [-0.15, -0.1) is 22.7 Å². The summed E-state index contributed by atoms with van der Waals surface area (Å²) < 4.78 is 2.68. The van der Waals surface area contributed by atoms with Crippen molar-refractivity contribution in [3.8, 4) is 20.9 Å². The van der Waals surface area contributed by atoms with Crippen LogP contribution < -0.4 is 0 Å². The molecule has 6 aromatic carbocycles. The van der Waals surface area contributed by atoms with Gasteiger partial charge in [0, 0.05) is 41.1 Å². The van der Waals surface area contributed by atoms with Gasteiger partial charge in [-0.1, -0.05) is 177 Å². The molecule has 0 N–H and O–H groups in total. The number of allylic oxidation sites excluding steroid dienone is 2. The molecule has 0 bridgehead atoms. The number of thiophene rings is 2. The summed E-state index contributed by atoms with van der Waals surface area (Å²) in [4.78, 5) is 2.74. The van der Waals surface area contributed by atoms with Gasteiger partial charge < -0.3 is 0 Å². The van der Waals surface area contributed by atoms with E-state index in [0.717, 1.165) is 6.04 Å². The van der Waals surface area contributed by atoms with Gasteiger partial charge in [0.1, 0.15) is 8.07 Å². The number of fused-ring (bicyclic) bond motifs is 2. The maximum absolute atomic E-state index is 2.67. The van der Waals surface area contributed by atoms with Gasteiger partial charge in [-0.25, -0.2) is 0 Å². The highest BCUT2D eigenvalue weighted by molar-refractivity contribution is 7.25. The lowest BCUT2D eigenvalue weighted by molar-refractivity contribution is 1.40. The summed E-state index contributed by atoms with van der Waals surface area (Å²) in [5, 5.41) is 5.84. The van der Waals surface area contributed by atoms with Crippen molar-refractivity contribution in [2.45, 2.75) is 19.5 Å². The summed E-state index contributed by atoms with van der Waals surface area (Å²) in [5.74, 6) is 0. The molecule has 1 aliphatic heterocycles. The summed E-state index contributed by atoms with van der Waals surface area (Å²) >= 11 is 3.88. The van der Waals surface area contributed by atoms with Crippen molar-refractivity contribution in [1.82, 2.24) is 0 Å². The van der Waals surface area contributed by atoms with Crippen LogP contribution in [-0.4, -0.2) is 8.07 Å². The molecule has 0 fully saturated rings. The van der Waals surface area contributed by atoms with Crippen LogP contribution in [0.3, 0.4) is 0 Å². The predicted octanol–water partition coefficient (Wildman–Crippen LogP) is 14.2. The van der Waals surface area contributed by atoms with Crippen LogP contribution in [0.25, 0.3) is 62.6 Å². The molecule has 50 heavy (non-hydrogen) atoms. The Balaban J connectivity index is 1.49. The molecule has 3 heteroatoms. The molecule has 3 heterocycles. The molecule has 240 valence electrons. The summed E-state index contributed by atoms with van der Waals surface area (Å²) in [6, 6.07) is 64.0. The molecule has 0 spiro atoms. The molecule has 0 unspecified atom stereocenters. The van der Waals surface area contributed by atoms with Crippen molar-refractivity contribution in [2.75, 3.05) is 0 Å². The lowest BCUT2D eigenvalue weighted by Crippen LogP contribution is -2.32. The Kier molecular flexibility index (Phi) is 7.85. The summed E-state index contributed by atoms with van der Waals surface area (Å²) in [7, 11) is -2.51. The number of hydrogen-bond donors (Lipinski definition) is 0. The highest BCUT2D eigenvalue weighted by atomic mass is 32.1. The Morgan fingerprint density at radius 2 is 0.720 bits per heavy atom. The van der Waals surface area contributed by atoms with Gasteiger partial charge in [-0.05, 0) is 55.9 Å². The van der Waals surface area contributed by atoms with E-state index >= 15 is 0 Å². The van der Waals surface area contributed by atoms with Gasteiger partial charge in [0.05, 0.1) is 0 Å². The van der Waals surface area contributed by atoms with Crippen LogP contribution in [0.15, 0.2) is 170 Å². The largest absolute Gasteiger partial charge is 0.135 e. The second-order valence-corrected chi connectivity index (χ2v) is 19.7.